The number of hydrogen-bond donors (Lipinski definition) is 0. The highest BCUT2D eigenvalue weighted by Crippen LogP contribution is 2.27. The highest BCUT2D eigenvalue weighted by Gasteiger charge is 2.22. The van der Waals surface area contributed by atoms with Crippen LogP contribution in [-0.2, 0) is 17.8 Å². The Hall–Kier alpha value is -3.55. The number of aryl methyl sites for hydroxylation is 1. The van der Waals surface area contributed by atoms with Crippen molar-refractivity contribution < 1.29 is 9.72 Å². The molecule has 136 valence electrons. The molecule has 8 nitrogen and oxygen atoms in total. The summed E-state index contributed by atoms with van der Waals surface area (Å²) in [5.74, 6) is 0.388. The Labute approximate surface area is 155 Å². The van der Waals surface area contributed by atoms with Crippen molar-refractivity contribution in [2.45, 2.75) is 19.4 Å². The van der Waals surface area contributed by atoms with E-state index in [1.807, 2.05) is 18.2 Å². The Kier molecular flexibility index (Phi) is 4.37. The van der Waals surface area contributed by atoms with Crippen molar-refractivity contribution >= 4 is 17.3 Å². The first-order chi connectivity index (χ1) is 13.1. The van der Waals surface area contributed by atoms with E-state index < -0.39 is 4.92 Å². The maximum absolute atomic E-state index is 12.8. The molecule has 2 aromatic carbocycles. The summed E-state index contributed by atoms with van der Waals surface area (Å²) < 4.78 is 1.50. The first-order valence-electron chi connectivity index (χ1n) is 8.64. The molecule has 0 fully saturated rings. The van der Waals surface area contributed by atoms with Gasteiger partial charge in [0.2, 0.25) is 5.91 Å². The third kappa shape index (κ3) is 3.41. The molecule has 0 atom stereocenters. The van der Waals surface area contributed by atoms with Gasteiger partial charge in [0.25, 0.3) is 5.69 Å². The van der Waals surface area contributed by atoms with Crippen LogP contribution >= 0.6 is 0 Å². The van der Waals surface area contributed by atoms with Crippen molar-refractivity contribution in [3.8, 4) is 11.4 Å². The van der Waals surface area contributed by atoms with Gasteiger partial charge in [-0.25, -0.2) is 9.67 Å². The Bertz CT molecular complexity index is 997. The highest BCUT2D eigenvalue weighted by atomic mass is 16.6. The van der Waals surface area contributed by atoms with Gasteiger partial charge >= 0.3 is 0 Å². The summed E-state index contributed by atoms with van der Waals surface area (Å²) in [6, 6.07) is 14.0. The molecule has 0 saturated heterocycles. The number of nitro groups is 1. The lowest BCUT2D eigenvalue weighted by atomic mass is 10.0. The molecule has 27 heavy (non-hydrogen) atoms. The molecule has 3 aromatic rings. The van der Waals surface area contributed by atoms with Gasteiger partial charge in [0.05, 0.1) is 4.92 Å². The monoisotopic (exact) mass is 363 g/mol. The molecule has 0 spiro atoms. The molecule has 0 N–H and O–H groups in total. The SMILES string of the molecule is O=C(Cn1cnc(-c2ccc([N+](=O)[O-])cc2)n1)N1CCCc2ccccc21. The predicted molar refractivity (Wildman–Crippen MR) is 99.2 cm³/mol. The number of hydrogen-bond acceptors (Lipinski definition) is 5. The quantitative estimate of drug-likeness (QED) is 0.525. The molecule has 8 heteroatoms. The minimum absolute atomic E-state index is 0.0112. The zero-order valence-electron chi connectivity index (χ0n) is 14.5. The lowest BCUT2D eigenvalue weighted by Crippen LogP contribution is -2.37. The molecular formula is C19H17N5O3. The van der Waals surface area contributed by atoms with Gasteiger partial charge < -0.3 is 4.90 Å². The lowest BCUT2D eigenvalue weighted by molar-refractivity contribution is -0.384. The summed E-state index contributed by atoms with van der Waals surface area (Å²) in [5.41, 5.74) is 2.82. The number of nitro benzene ring substituents is 1. The van der Waals surface area contributed by atoms with Gasteiger partial charge in [-0.3, -0.25) is 14.9 Å². The van der Waals surface area contributed by atoms with E-state index in [9.17, 15) is 14.9 Å². The number of para-hydroxylation sites is 1. The van der Waals surface area contributed by atoms with Crippen molar-refractivity contribution in [2.75, 3.05) is 11.4 Å². The molecule has 0 bridgehead atoms. The molecule has 0 saturated carbocycles. The highest BCUT2D eigenvalue weighted by molar-refractivity contribution is 5.94. The second-order valence-electron chi connectivity index (χ2n) is 6.35. The number of non-ortho nitro benzene ring substituents is 1. The molecule has 1 aliphatic heterocycles. The zero-order chi connectivity index (χ0) is 18.8. The lowest BCUT2D eigenvalue weighted by Gasteiger charge is -2.29. The van der Waals surface area contributed by atoms with Crippen molar-refractivity contribution in [1.29, 1.82) is 0 Å². The van der Waals surface area contributed by atoms with Gasteiger partial charge in [-0.2, -0.15) is 5.10 Å². The third-order valence-electron chi connectivity index (χ3n) is 4.58. The van der Waals surface area contributed by atoms with E-state index in [1.165, 1.54) is 28.7 Å². The molecule has 1 amide bonds. The van der Waals surface area contributed by atoms with Gasteiger partial charge in [-0.05, 0) is 36.6 Å². The van der Waals surface area contributed by atoms with Crippen LogP contribution in [0.5, 0.6) is 0 Å². The van der Waals surface area contributed by atoms with Crippen LogP contribution in [0.25, 0.3) is 11.4 Å². The van der Waals surface area contributed by atoms with E-state index in [1.54, 1.807) is 17.0 Å². The number of carbonyl (C=O) groups is 1. The molecule has 1 aliphatic rings. The average molecular weight is 363 g/mol. The summed E-state index contributed by atoms with van der Waals surface area (Å²) >= 11 is 0. The van der Waals surface area contributed by atoms with E-state index in [2.05, 4.69) is 16.1 Å². The predicted octanol–water partition coefficient (Wildman–Crippen LogP) is 2.83. The number of amides is 1. The number of fused-ring (bicyclic) bond motifs is 1. The Balaban J connectivity index is 1.50. The number of nitrogens with zero attached hydrogens (tertiary/aromatic N) is 5. The maximum atomic E-state index is 12.8. The van der Waals surface area contributed by atoms with Gasteiger partial charge in [0, 0.05) is 29.9 Å². The molecule has 2 heterocycles. The number of anilines is 1. The Morgan fingerprint density at radius 3 is 2.70 bits per heavy atom. The van der Waals surface area contributed by atoms with Crippen LogP contribution in [0.4, 0.5) is 11.4 Å². The van der Waals surface area contributed by atoms with Gasteiger partial charge in [0.1, 0.15) is 12.9 Å². The fraction of sp³-hybridized carbons (Fsp3) is 0.211. The summed E-state index contributed by atoms with van der Waals surface area (Å²) in [5, 5.41) is 15.1. The van der Waals surface area contributed by atoms with Gasteiger partial charge in [-0.15, -0.1) is 0 Å². The first-order valence-corrected chi connectivity index (χ1v) is 8.64. The summed E-state index contributed by atoms with van der Waals surface area (Å²) in [6.07, 6.45) is 3.42. The van der Waals surface area contributed by atoms with Crippen LogP contribution in [0.1, 0.15) is 12.0 Å². The summed E-state index contributed by atoms with van der Waals surface area (Å²) in [4.78, 5) is 29.1. The number of carbonyl (C=O) groups excluding carboxylic acids is 1. The fourth-order valence-electron chi connectivity index (χ4n) is 3.25. The third-order valence-corrected chi connectivity index (χ3v) is 4.58. The summed E-state index contributed by atoms with van der Waals surface area (Å²) in [7, 11) is 0. The van der Waals surface area contributed by atoms with E-state index in [-0.39, 0.29) is 18.1 Å². The van der Waals surface area contributed by atoms with E-state index >= 15 is 0 Å². The maximum Gasteiger partial charge on any atom is 0.269 e. The van der Waals surface area contributed by atoms with Crippen LogP contribution in [0.2, 0.25) is 0 Å². The van der Waals surface area contributed by atoms with Crippen LogP contribution in [0, 0.1) is 10.1 Å². The topological polar surface area (TPSA) is 94.2 Å². The minimum Gasteiger partial charge on any atom is -0.311 e. The molecule has 0 radical (unpaired) electrons. The van der Waals surface area contributed by atoms with Crippen molar-refractivity contribution in [3.05, 3.63) is 70.5 Å². The first kappa shape index (κ1) is 16.9. The van der Waals surface area contributed by atoms with E-state index in [0.717, 1.165) is 18.5 Å². The molecular weight excluding hydrogens is 346 g/mol. The van der Waals surface area contributed by atoms with E-state index in [4.69, 9.17) is 0 Å². The number of benzene rings is 2. The Morgan fingerprint density at radius 1 is 1.15 bits per heavy atom. The van der Waals surface area contributed by atoms with Crippen molar-refractivity contribution in [1.82, 2.24) is 14.8 Å². The van der Waals surface area contributed by atoms with Gasteiger partial charge in [-0.1, -0.05) is 18.2 Å². The number of rotatable bonds is 4. The largest absolute Gasteiger partial charge is 0.311 e. The standard InChI is InChI=1S/C19H17N5O3/c25-18(23-11-3-5-14-4-1-2-6-17(14)23)12-22-13-20-19(21-22)15-7-9-16(10-8-15)24(26)27/h1-2,4,6-10,13H,3,5,11-12H2. The second kappa shape index (κ2) is 6.99. The number of aromatic nitrogens is 3. The second-order valence-corrected chi connectivity index (χ2v) is 6.35. The van der Waals surface area contributed by atoms with Crippen LogP contribution in [0.3, 0.4) is 0 Å². The van der Waals surface area contributed by atoms with Crippen LogP contribution in [-0.4, -0.2) is 32.1 Å². The normalized spacial score (nSPS) is 13.3. The minimum atomic E-state index is -0.453. The molecule has 1 aromatic heterocycles. The zero-order valence-corrected chi connectivity index (χ0v) is 14.5. The smallest absolute Gasteiger partial charge is 0.269 e. The summed E-state index contributed by atoms with van der Waals surface area (Å²) in [6.45, 7) is 0.786. The van der Waals surface area contributed by atoms with Crippen LogP contribution in [0.15, 0.2) is 54.9 Å². The average Bonchev–Trinajstić information content (AvgIpc) is 3.16. The van der Waals surface area contributed by atoms with E-state index in [0.29, 0.717) is 17.9 Å². The van der Waals surface area contributed by atoms with Gasteiger partial charge in [0.15, 0.2) is 5.82 Å². The van der Waals surface area contributed by atoms with Crippen molar-refractivity contribution in [2.24, 2.45) is 0 Å². The molecule has 0 aliphatic carbocycles. The fourth-order valence-corrected chi connectivity index (χ4v) is 3.25. The molecule has 0 unspecified atom stereocenters. The molecule has 4 rings (SSSR count). The van der Waals surface area contributed by atoms with Crippen molar-refractivity contribution in [3.63, 3.8) is 0 Å². The van der Waals surface area contributed by atoms with Crippen LogP contribution < -0.4 is 4.90 Å². The Morgan fingerprint density at radius 2 is 1.93 bits per heavy atom.